The van der Waals surface area contributed by atoms with Gasteiger partial charge < -0.3 is 39.9 Å². The largest absolute Gasteiger partial charge is 0.453 e. The molecule has 61 heavy (non-hydrogen) atoms. The summed E-state index contributed by atoms with van der Waals surface area (Å²) in [6.07, 6.45) is 4.77. The normalized spacial score (nSPS) is 16.5. The van der Waals surface area contributed by atoms with Crippen molar-refractivity contribution < 1.29 is 33.0 Å². The van der Waals surface area contributed by atoms with Gasteiger partial charge in [0.25, 0.3) is 0 Å². The van der Waals surface area contributed by atoms with Gasteiger partial charge in [0.1, 0.15) is 35.2 Å². The van der Waals surface area contributed by atoms with Crippen LogP contribution >= 0.6 is 24.8 Å². The highest BCUT2D eigenvalue weighted by Gasteiger charge is 2.39. The molecular weight excluding hydrogens is 826 g/mol. The summed E-state index contributed by atoms with van der Waals surface area (Å²) in [6, 6.07) is 10.4. The first kappa shape index (κ1) is 47.6. The zero-order valence-corrected chi connectivity index (χ0v) is 36.5. The Morgan fingerprint density at radius 2 is 1.28 bits per heavy atom. The van der Waals surface area contributed by atoms with Gasteiger partial charge in [-0.1, -0.05) is 58.0 Å². The van der Waals surface area contributed by atoms with E-state index in [0.29, 0.717) is 60.1 Å². The fourth-order valence-corrected chi connectivity index (χ4v) is 7.53. The van der Waals surface area contributed by atoms with Gasteiger partial charge in [0.05, 0.1) is 50.0 Å². The predicted octanol–water partition coefficient (Wildman–Crippen LogP) is 6.94. The van der Waals surface area contributed by atoms with E-state index >= 15 is 4.39 Å². The number of nitrogens with zero attached hydrogens (tertiary/aromatic N) is 4. The van der Waals surface area contributed by atoms with E-state index in [-0.39, 0.29) is 66.1 Å². The number of rotatable bonds is 10. The first-order chi connectivity index (χ1) is 28.4. The second-order valence-electron chi connectivity index (χ2n) is 15.2. The number of alkyl carbamates (subject to hydrolysis) is 2. The topological polar surface area (TPSA) is 175 Å². The molecule has 14 nitrogen and oxygen atoms in total. The number of ether oxygens (including phenoxy) is 2. The van der Waals surface area contributed by atoms with E-state index in [1.807, 2.05) is 64.1 Å². The summed E-state index contributed by atoms with van der Waals surface area (Å²) in [4.78, 5) is 70.2. The number of aromatic amines is 2. The number of hydrogen-bond acceptors (Lipinski definition) is 8. The number of carbonyl (C=O) groups excluding carboxylic acids is 4. The van der Waals surface area contributed by atoms with Crippen molar-refractivity contribution in [3.8, 4) is 46.1 Å². The molecule has 2 aliphatic rings. The minimum absolute atomic E-state index is 0. The van der Waals surface area contributed by atoms with E-state index in [9.17, 15) is 19.2 Å². The number of imidazole rings is 2. The Labute approximate surface area is 367 Å². The van der Waals surface area contributed by atoms with Gasteiger partial charge in [-0.15, -0.1) is 24.8 Å². The van der Waals surface area contributed by atoms with Gasteiger partial charge in [-0.05, 0) is 78.9 Å². The molecule has 2 aliphatic heterocycles. The molecule has 2 aromatic heterocycles. The van der Waals surface area contributed by atoms with Crippen molar-refractivity contribution in [2.45, 2.75) is 77.5 Å². The lowest BCUT2D eigenvalue weighted by Crippen LogP contribution is -2.51. The predicted molar refractivity (Wildman–Crippen MR) is 232 cm³/mol. The average molecular weight is 878 g/mol. The molecule has 0 bridgehead atoms. The van der Waals surface area contributed by atoms with E-state index in [1.165, 1.54) is 20.3 Å². The number of benzene rings is 2. The number of halogens is 3. The van der Waals surface area contributed by atoms with E-state index < -0.39 is 30.1 Å². The van der Waals surface area contributed by atoms with Crippen molar-refractivity contribution in [2.75, 3.05) is 27.3 Å². The summed E-state index contributed by atoms with van der Waals surface area (Å²) in [5.74, 6) is 11.3. The molecule has 0 aliphatic carbocycles. The number of H-pyrrole nitrogens is 2. The molecule has 6 rings (SSSR count). The number of likely N-dealkylation sites (tertiary alicyclic amines) is 2. The van der Waals surface area contributed by atoms with Crippen molar-refractivity contribution in [3.63, 3.8) is 0 Å². The Bertz CT molecular complexity index is 2310. The van der Waals surface area contributed by atoms with Crippen LogP contribution in [0.15, 0.2) is 54.9 Å². The Hall–Kier alpha value is -6.03. The molecule has 0 radical (unpaired) electrons. The monoisotopic (exact) mass is 876 g/mol. The summed E-state index contributed by atoms with van der Waals surface area (Å²) >= 11 is 0. The van der Waals surface area contributed by atoms with E-state index in [4.69, 9.17) is 9.47 Å². The number of hydrogen-bond donors (Lipinski definition) is 4. The molecular formula is C44H51Cl2FN8O6. The van der Waals surface area contributed by atoms with Crippen LogP contribution in [0.4, 0.5) is 14.0 Å². The van der Waals surface area contributed by atoms with E-state index in [0.717, 1.165) is 18.4 Å². The number of carbonyl (C=O) groups is 4. The van der Waals surface area contributed by atoms with Crippen LogP contribution in [0.2, 0.25) is 0 Å². The summed E-state index contributed by atoms with van der Waals surface area (Å²) in [7, 11) is 2.52. The third-order valence-corrected chi connectivity index (χ3v) is 10.6. The maximum Gasteiger partial charge on any atom is 0.407 e. The van der Waals surface area contributed by atoms with Gasteiger partial charge in [-0.25, -0.2) is 23.9 Å². The molecule has 17 heteroatoms. The van der Waals surface area contributed by atoms with Crippen LogP contribution in [0.25, 0.3) is 22.4 Å². The van der Waals surface area contributed by atoms with Crippen molar-refractivity contribution in [3.05, 3.63) is 83.6 Å². The molecule has 4 aromatic rings. The van der Waals surface area contributed by atoms with Crippen molar-refractivity contribution in [1.82, 2.24) is 40.4 Å². The van der Waals surface area contributed by atoms with Crippen LogP contribution in [0.3, 0.4) is 0 Å². The second kappa shape index (κ2) is 21.5. The van der Waals surface area contributed by atoms with Gasteiger partial charge in [0, 0.05) is 24.2 Å². The summed E-state index contributed by atoms with van der Waals surface area (Å²) in [5.41, 5.74) is 3.09. The molecule has 0 unspecified atom stereocenters. The van der Waals surface area contributed by atoms with Crippen LogP contribution in [0.5, 0.6) is 0 Å². The average Bonchev–Trinajstić information content (AvgIpc) is 4.07. The highest BCUT2D eigenvalue weighted by molar-refractivity contribution is 5.87. The first-order valence-corrected chi connectivity index (χ1v) is 19.7. The molecule has 2 saturated heterocycles. The molecule has 0 saturated carbocycles. The molecule has 0 spiro atoms. The smallest absolute Gasteiger partial charge is 0.407 e. The number of amides is 4. The number of aromatic nitrogens is 4. The van der Waals surface area contributed by atoms with Gasteiger partial charge in [0.2, 0.25) is 11.8 Å². The number of methoxy groups -OCH3 is 2. The van der Waals surface area contributed by atoms with Crippen LogP contribution in [0, 0.1) is 41.3 Å². The first-order valence-electron chi connectivity index (χ1n) is 19.7. The molecule has 2 fully saturated rings. The molecule has 4 amide bonds. The van der Waals surface area contributed by atoms with E-state index in [1.54, 1.807) is 22.2 Å². The number of nitrogens with one attached hydrogen (secondary N) is 4. The minimum atomic E-state index is -0.766. The van der Waals surface area contributed by atoms with Gasteiger partial charge in [-0.3, -0.25) is 9.59 Å². The van der Waals surface area contributed by atoms with Crippen molar-refractivity contribution in [2.24, 2.45) is 11.8 Å². The lowest BCUT2D eigenvalue weighted by molar-refractivity contribution is -0.136. The maximum absolute atomic E-state index is 16.1. The Morgan fingerprint density at radius 1 is 0.754 bits per heavy atom. The van der Waals surface area contributed by atoms with Crippen LogP contribution in [0.1, 0.15) is 88.4 Å². The Balaban J connectivity index is 0.00000410. The minimum Gasteiger partial charge on any atom is -0.453 e. The molecule has 4 heterocycles. The van der Waals surface area contributed by atoms with Crippen LogP contribution in [-0.2, 0) is 19.1 Å². The fraction of sp³-hybridized carbons (Fsp3) is 0.409. The summed E-state index contributed by atoms with van der Waals surface area (Å²) in [5, 5.41) is 5.31. The fourth-order valence-electron chi connectivity index (χ4n) is 7.53. The zero-order chi connectivity index (χ0) is 42.2. The van der Waals surface area contributed by atoms with Gasteiger partial charge in [-0.2, -0.15) is 0 Å². The van der Waals surface area contributed by atoms with Crippen molar-refractivity contribution >= 4 is 48.8 Å². The third kappa shape index (κ3) is 11.0. The van der Waals surface area contributed by atoms with Crippen molar-refractivity contribution in [1.29, 1.82) is 0 Å². The molecule has 2 aromatic carbocycles. The highest BCUT2D eigenvalue weighted by Crippen LogP contribution is 2.35. The zero-order valence-electron chi connectivity index (χ0n) is 34.8. The molecule has 324 valence electrons. The maximum atomic E-state index is 16.1. The Morgan fingerprint density at radius 3 is 1.82 bits per heavy atom. The van der Waals surface area contributed by atoms with Gasteiger partial charge in [0.15, 0.2) is 0 Å². The summed E-state index contributed by atoms with van der Waals surface area (Å²) < 4.78 is 25.6. The van der Waals surface area contributed by atoms with Crippen LogP contribution in [-0.4, -0.2) is 93.1 Å². The highest BCUT2D eigenvalue weighted by atomic mass is 35.5. The standard InChI is InChI=1S/C44H49FN8O6.2ClH/c1-26(2)37(50-43(56)58-5)41(54)52-20-12-18-35(52)39-46-24-30(48-39)16-10-11-17-31-32(28-14-8-7-9-15-28)22-29(23-33(31)45)34-25-47-40(49-34)36-19-13-21-53(36)42(55)38(27(3)4)51-44(57)59-6;;/h7-9,14-15,22-27,35-38H,12-13,18-21H2,1-6H3,(H,46,48)(H,47,49)(H,50,56)(H,51,57);2*1H/t35-,36-,37-,38-;;/m0../s1. The third-order valence-electron chi connectivity index (χ3n) is 10.6. The van der Waals surface area contributed by atoms with Gasteiger partial charge >= 0.3 is 12.2 Å². The quantitative estimate of drug-likeness (QED) is 0.124. The molecule has 4 N–H and O–H groups in total. The SMILES string of the molecule is COC(=O)N[C@H](C(=O)N1CCC[C@H]1c1ncc(C#CC#Cc2c(F)cc(-c3cnc([C@@H]4CCCN4C(=O)[C@@H](NC(=O)OC)C(C)C)[nH]3)cc2-c2ccccc2)[nH]1)C(C)C.Cl.Cl. The Kier molecular flexibility index (Phi) is 16.8. The lowest BCUT2D eigenvalue weighted by Gasteiger charge is -2.30. The van der Waals surface area contributed by atoms with Crippen LogP contribution < -0.4 is 10.6 Å². The molecule has 4 atom stereocenters. The second-order valence-corrected chi connectivity index (χ2v) is 15.2. The summed E-state index contributed by atoms with van der Waals surface area (Å²) in [6.45, 7) is 8.46. The van der Waals surface area contributed by atoms with E-state index in [2.05, 4.69) is 54.3 Å². The lowest BCUT2D eigenvalue weighted by atomic mass is 9.96.